The van der Waals surface area contributed by atoms with Gasteiger partial charge in [-0.05, 0) is 19.8 Å². The van der Waals surface area contributed by atoms with Crippen molar-refractivity contribution in [2.45, 2.75) is 50.0 Å². The van der Waals surface area contributed by atoms with Crippen molar-refractivity contribution in [3.05, 3.63) is 16.1 Å². The van der Waals surface area contributed by atoms with Crippen LogP contribution in [0.25, 0.3) is 0 Å². The third-order valence-electron chi connectivity index (χ3n) is 2.66. The van der Waals surface area contributed by atoms with Gasteiger partial charge in [0.1, 0.15) is 5.01 Å². The van der Waals surface area contributed by atoms with E-state index < -0.39 is 0 Å². The molecule has 0 saturated heterocycles. The minimum atomic E-state index is 0.910. The van der Waals surface area contributed by atoms with Crippen LogP contribution in [0.1, 0.15) is 42.0 Å². The first-order chi connectivity index (χ1) is 6.84. The van der Waals surface area contributed by atoms with E-state index in [-0.39, 0.29) is 0 Å². The third-order valence-corrected chi connectivity index (χ3v) is 5.14. The maximum Gasteiger partial charge on any atom is 0.103 e. The summed E-state index contributed by atoms with van der Waals surface area (Å²) in [5.41, 5.74) is 0. The first-order valence-electron chi connectivity index (χ1n) is 5.37. The Balaban J connectivity index is 1.76. The van der Waals surface area contributed by atoms with Crippen LogP contribution in [0.15, 0.2) is 6.20 Å². The van der Waals surface area contributed by atoms with Gasteiger partial charge >= 0.3 is 0 Å². The smallest absolute Gasteiger partial charge is 0.103 e. The second-order valence-corrected chi connectivity index (χ2v) is 6.54. The van der Waals surface area contributed by atoms with Gasteiger partial charge in [-0.25, -0.2) is 4.98 Å². The van der Waals surface area contributed by atoms with E-state index in [1.165, 1.54) is 42.0 Å². The molecule has 1 aliphatic carbocycles. The van der Waals surface area contributed by atoms with Gasteiger partial charge in [-0.2, -0.15) is 11.8 Å². The molecule has 1 saturated carbocycles. The fourth-order valence-corrected chi connectivity index (χ4v) is 4.03. The predicted octanol–water partition coefficient (Wildman–Crippen LogP) is 4.02. The molecule has 78 valence electrons. The van der Waals surface area contributed by atoms with E-state index in [9.17, 15) is 0 Å². The number of hydrogen-bond acceptors (Lipinski definition) is 3. The minimum Gasteiger partial charge on any atom is -0.249 e. The quantitative estimate of drug-likeness (QED) is 0.773. The van der Waals surface area contributed by atoms with Gasteiger partial charge in [0.25, 0.3) is 0 Å². The summed E-state index contributed by atoms with van der Waals surface area (Å²) in [5.74, 6) is 1.13. The molecule has 0 radical (unpaired) electrons. The second kappa shape index (κ2) is 5.17. The van der Waals surface area contributed by atoms with Crippen molar-refractivity contribution in [1.29, 1.82) is 0 Å². The van der Waals surface area contributed by atoms with Crippen molar-refractivity contribution < 1.29 is 0 Å². The lowest BCUT2D eigenvalue weighted by atomic mass is 10.0. The van der Waals surface area contributed by atoms with Gasteiger partial charge in [0, 0.05) is 22.1 Å². The van der Waals surface area contributed by atoms with Crippen LogP contribution in [-0.4, -0.2) is 10.2 Å². The highest BCUT2D eigenvalue weighted by atomic mass is 32.2. The van der Waals surface area contributed by atoms with E-state index in [0.29, 0.717) is 0 Å². The number of rotatable bonds is 3. The zero-order valence-corrected chi connectivity index (χ0v) is 10.3. The van der Waals surface area contributed by atoms with E-state index in [2.05, 4.69) is 23.7 Å². The Kier molecular flexibility index (Phi) is 3.88. The molecule has 1 aliphatic rings. The maximum absolute atomic E-state index is 4.40. The van der Waals surface area contributed by atoms with Gasteiger partial charge < -0.3 is 0 Å². The zero-order valence-electron chi connectivity index (χ0n) is 8.66. The molecule has 0 amide bonds. The van der Waals surface area contributed by atoms with Crippen LogP contribution < -0.4 is 0 Å². The van der Waals surface area contributed by atoms with E-state index in [1.54, 1.807) is 0 Å². The molecule has 0 N–H and O–H groups in total. The van der Waals surface area contributed by atoms with Crippen LogP contribution in [0, 0.1) is 6.92 Å². The van der Waals surface area contributed by atoms with Crippen molar-refractivity contribution >= 4 is 23.1 Å². The summed E-state index contributed by atoms with van der Waals surface area (Å²) in [6.45, 7) is 2.13. The molecule has 0 unspecified atom stereocenters. The normalized spacial score (nSPS) is 18.6. The summed E-state index contributed by atoms with van der Waals surface area (Å²) in [5, 5.41) is 2.21. The summed E-state index contributed by atoms with van der Waals surface area (Å²) in [6.07, 6.45) is 9.17. The van der Waals surface area contributed by atoms with E-state index >= 15 is 0 Å². The molecule has 1 fully saturated rings. The van der Waals surface area contributed by atoms with Gasteiger partial charge in [0.2, 0.25) is 0 Å². The molecule has 0 bridgehead atoms. The van der Waals surface area contributed by atoms with Crippen LogP contribution in [0.4, 0.5) is 0 Å². The second-order valence-electron chi connectivity index (χ2n) is 3.94. The van der Waals surface area contributed by atoms with Crippen LogP contribution in [0.3, 0.4) is 0 Å². The molecule has 2 rings (SSSR count). The molecular formula is C11H17NS2. The molecule has 3 heteroatoms. The van der Waals surface area contributed by atoms with Crippen molar-refractivity contribution in [3.63, 3.8) is 0 Å². The highest BCUT2D eigenvalue weighted by Crippen LogP contribution is 2.31. The summed E-state index contributed by atoms with van der Waals surface area (Å²) in [4.78, 5) is 5.74. The molecule has 1 aromatic rings. The maximum atomic E-state index is 4.40. The molecule has 1 aromatic heterocycles. The van der Waals surface area contributed by atoms with Crippen molar-refractivity contribution in [1.82, 2.24) is 4.98 Å². The van der Waals surface area contributed by atoms with E-state index in [1.807, 2.05) is 17.5 Å². The molecule has 0 aromatic carbocycles. The van der Waals surface area contributed by atoms with Gasteiger partial charge in [0.15, 0.2) is 0 Å². The Bertz CT molecular complexity index is 277. The van der Waals surface area contributed by atoms with Gasteiger partial charge in [-0.15, -0.1) is 11.3 Å². The number of aromatic nitrogens is 1. The van der Waals surface area contributed by atoms with Crippen LogP contribution in [-0.2, 0) is 5.75 Å². The third kappa shape index (κ3) is 2.99. The Morgan fingerprint density at radius 1 is 1.43 bits per heavy atom. The average Bonchev–Trinajstić information content (AvgIpc) is 2.63. The SMILES string of the molecule is Cc1cnc(CSC2CCCCC2)s1. The summed E-state index contributed by atoms with van der Waals surface area (Å²) in [6, 6.07) is 0. The fourth-order valence-electron chi connectivity index (χ4n) is 1.89. The van der Waals surface area contributed by atoms with Crippen molar-refractivity contribution in [2.24, 2.45) is 0 Å². The standard InChI is InChI=1S/C11H17NS2/c1-9-7-12-11(14-9)8-13-10-5-3-2-4-6-10/h7,10H,2-6,8H2,1H3. The molecule has 1 nitrogen and oxygen atoms in total. The number of nitrogens with zero attached hydrogens (tertiary/aromatic N) is 1. The van der Waals surface area contributed by atoms with Gasteiger partial charge in [-0.3, -0.25) is 0 Å². The summed E-state index contributed by atoms with van der Waals surface area (Å²) >= 11 is 3.96. The minimum absolute atomic E-state index is 0.910. The van der Waals surface area contributed by atoms with E-state index in [4.69, 9.17) is 0 Å². The number of thioether (sulfide) groups is 1. The lowest BCUT2D eigenvalue weighted by Gasteiger charge is -2.20. The molecule has 0 aliphatic heterocycles. The van der Waals surface area contributed by atoms with E-state index in [0.717, 1.165) is 11.0 Å². The number of hydrogen-bond donors (Lipinski definition) is 0. The van der Waals surface area contributed by atoms with Gasteiger partial charge in [0.05, 0.1) is 0 Å². The molecule has 14 heavy (non-hydrogen) atoms. The number of thiazole rings is 1. The fraction of sp³-hybridized carbons (Fsp3) is 0.727. The molecule has 1 heterocycles. The Morgan fingerprint density at radius 3 is 2.86 bits per heavy atom. The first kappa shape index (κ1) is 10.5. The largest absolute Gasteiger partial charge is 0.249 e. The predicted molar refractivity (Wildman–Crippen MR) is 65.0 cm³/mol. The Hall–Kier alpha value is -0.0200. The van der Waals surface area contributed by atoms with Crippen LogP contribution in [0.2, 0.25) is 0 Å². The molecular weight excluding hydrogens is 210 g/mol. The Labute approximate surface area is 94.3 Å². The molecule has 0 spiro atoms. The van der Waals surface area contributed by atoms with Crippen LogP contribution >= 0.6 is 23.1 Å². The Morgan fingerprint density at radius 2 is 2.21 bits per heavy atom. The molecule has 0 atom stereocenters. The highest BCUT2D eigenvalue weighted by molar-refractivity contribution is 7.99. The summed E-state index contributed by atoms with van der Waals surface area (Å²) in [7, 11) is 0. The van der Waals surface area contributed by atoms with Crippen molar-refractivity contribution in [2.75, 3.05) is 0 Å². The summed E-state index contributed by atoms with van der Waals surface area (Å²) < 4.78 is 0. The van der Waals surface area contributed by atoms with Gasteiger partial charge in [-0.1, -0.05) is 19.3 Å². The lowest BCUT2D eigenvalue weighted by molar-refractivity contribution is 0.516. The lowest BCUT2D eigenvalue weighted by Crippen LogP contribution is -2.07. The topological polar surface area (TPSA) is 12.9 Å². The number of aryl methyl sites for hydroxylation is 1. The highest BCUT2D eigenvalue weighted by Gasteiger charge is 2.14. The average molecular weight is 227 g/mol. The van der Waals surface area contributed by atoms with Crippen molar-refractivity contribution in [3.8, 4) is 0 Å². The first-order valence-corrected chi connectivity index (χ1v) is 7.24. The zero-order chi connectivity index (χ0) is 9.80. The van der Waals surface area contributed by atoms with Crippen LogP contribution in [0.5, 0.6) is 0 Å². The monoisotopic (exact) mass is 227 g/mol.